The number of unbranched alkanes of at least 4 members (excludes halogenated alkanes) is 1. The van der Waals surface area contributed by atoms with Gasteiger partial charge in [0.2, 0.25) is 5.91 Å². The number of halogens is 6. The Hall–Kier alpha value is -3.22. The SMILES string of the molecule is CCCCC(=O)N(C)CCCOc1cc(F)c(-c2c(Cl)nc3ncnn3c2N[C@@H](C)C(F)(F)F)c(F)c1. The molecule has 0 radical (unpaired) electrons. The van der Waals surface area contributed by atoms with Crippen LogP contribution >= 0.6 is 11.6 Å². The number of fused-ring (bicyclic) bond motifs is 1. The molecule has 37 heavy (non-hydrogen) atoms. The highest BCUT2D eigenvalue weighted by atomic mass is 35.5. The summed E-state index contributed by atoms with van der Waals surface area (Å²) in [7, 11) is 1.67. The average molecular weight is 549 g/mol. The Labute approximate surface area is 214 Å². The molecule has 0 fully saturated rings. The number of carbonyl (C=O) groups excluding carboxylic acids is 1. The first-order valence-electron chi connectivity index (χ1n) is 11.5. The van der Waals surface area contributed by atoms with Gasteiger partial charge in [-0.3, -0.25) is 4.79 Å². The maximum absolute atomic E-state index is 15.2. The number of ether oxygens (including phenoxy) is 1. The van der Waals surface area contributed by atoms with Crippen LogP contribution in [0.3, 0.4) is 0 Å². The lowest BCUT2D eigenvalue weighted by atomic mass is 10.1. The topological polar surface area (TPSA) is 84.7 Å². The van der Waals surface area contributed by atoms with Crippen LogP contribution in [0.2, 0.25) is 5.15 Å². The highest BCUT2D eigenvalue weighted by molar-refractivity contribution is 6.33. The molecule has 1 N–H and O–H groups in total. The first-order valence-corrected chi connectivity index (χ1v) is 11.9. The van der Waals surface area contributed by atoms with Crippen LogP contribution in [0.5, 0.6) is 5.75 Å². The fourth-order valence-electron chi connectivity index (χ4n) is 3.47. The summed E-state index contributed by atoms with van der Waals surface area (Å²) >= 11 is 6.16. The molecule has 3 rings (SSSR count). The summed E-state index contributed by atoms with van der Waals surface area (Å²) in [6.45, 7) is 3.30. The number of amides is 1. The number of rotatable bonds is 11. The number of benzene rings is 1. The van der Waals surface area contributed by atoms with Crippen molar-refractivity contribution in [2.75, 3.05) is 25.5 Å². The Morgan fingerprint density at radius 3 is 2.51 bits per heavy atom. The van der Waals surface area contributed by atoms with Crippen molar-refractivity contribution < 1.29 is 31.5 Å². The van der Waals surface area contributed by atoms with E-state index in [1.54, 1.807) is 11.9 Å². The molecule has 0 bridgehead atoms. The third kappa shape index (κ3) is 6.76. The molecule has 2 heterocycles. The van der Waals surface area contributed by atoms with Crippen LogP contribution in [0.15, 0.2) is 18.5 Å². The first-order chi connectivity index (χ1) is 17.4. The second-order valence-corrected chi connectivity index (χ2v) is 8.75. The van der Waals surface area contributed by atoms with Crippen molar-refractivity contribution in [1.29, 1.82) is 0 Å². The van der Waals surface area contributed by atoms with Gasteiger partial charge in [-0.1, -0.05) is 24.9 Å². The summed E-state index contributed by atoms with van der Waals surface area (Å²) in [4.78, 5) is 21.2. The van der Waals surface area contributed by atoms with Gasteiger partial charge < -0.3 is 15.0 Å². The lowest BCUT2D eigenvalue weighted by Crippen LogP contribution is -2.34. The van der Waals surface area contributed by atoms with E-state index in [1.165, 1.54) is 0 Å². The molecule has 0 spiro atoms. The summed E-state index contributed by atoms with van der Waals surface area (Å²) in [5.41, 5.74) is -1.16. The van der Waals surface area contributed by atoms with Crippen molar-refractivity contribution in [3.05, 3.63) is 35.2 Å². The number of carbonyl (C=O) groups is 1. The van der Waals surface area contributed by atoms with Gasteiger partial charge in [-0.15, -0.1) is 0 Å². The summed E-state index contributed by atoms with van der Waals surface area (Å²) in [6.07, 6.45) is -1.10. The van der Waals surface area contributed by atoms with E-state index < -0.39 is 46.0 Å². The monoisotopic (exact) mass is 548 g/mol. The number of hydrogen-bond acceptors (Lipinski definition) is 6. The smallest absolute Gasteiger partial charge is 0.408 e. The number of nitrogens with zero attached hydrogens (tertiary/aromatic N) is 5. The van der Waals surface area contributed by atoms with Crippen molar-refractivity contribution in [3.63, 3.8) is 0 Å². The molecule has 0 aliphatic heterocycles. The Balaban J connectivity index is 1.84. The van der Waals surface area contributed by atoms with E-state index in [1.807, 2.05) is 6.92 Å². The van der Waals surface area contributed by atoms with Gasteiger partial charge >= 0.3 is 6.18 Å². The fourth-order valence-corrected chi connectivity index (χ4v) is 3.73. The lowest BCUT2D eigenvalue weighted by Gasteiger charge is -2.22. The molecule has 2 aromatic heterocycles. The minimum atomic E-state index is -4.68. The summed E-state index contributed by atoms with van der Waals surface area (Å²) in [6, 6.07) is -0.321. The molecule has 1 amide bonds. The van der Waals surface area contributed by atoms with Crippen molar-refractivity contribution in [2.45, 2.75) is 51.7 Å². The van der Waals surface area contributed by atoms with Crippen LogP contribution in [-0.4, -0.2) is 62.8 Å². The van der Waals surface area contributed by atoms with E-state index in [-0.39, 0.29) is 24.0 Å². The van der Waals surface area contributed by atoms with Crippen molar-refractivity contribution >= 4 is 29.1 Å². The van der Waals surface area contributed by atoms with Crippen LogP contribution in [0, 0.1) is 11.6 Å². The largest absolute Gasteiger partial charge is 0.493 e. The van der Waals surface area contributed by atoms with E-state index in [2.05, 4.69) is 20.4 Å². The normalized spacial score (nSPS) is 12.6. The van der Waals surface area contributed by atoms with Crippen LogP contribution in [0.25, 0.3) is 16.9 Å². The standard InChI is InChI=1S/C23H26ClF5N6O2/c1-4-5-7-17(36)34(3)8-6-9-37-14-10-15(25)18(16(26)11-14)19-20(24)33-22-30-12-31-35(22)21(19)32-13(2)23(27,28)29/h10-13,32H,4-9H2,1-3H3/t13-/m0/s1. The minimum absolute atomic E-state index is 0.00221. The zero-order valence-corrected chi connectivity index (χ0v) is 21.1. The van der Waals surface area contributed by atoms with Gasteiger partial charge in [0.25, 0.3) is 5.78 Å². The molecule has 1 atom stereocenters. The number of anilines is 1. The molecule has 0 saturated heterocycles. The van der Waals surface area contributed by atoms with E-state index in [0.29, 0.717) is 19.4 Å². The predicted octanol–water partition coefficient (Wildman–Crippen LogP) is 5.50. The van der Waals surface area contributed by atoms with Crippen LogP contribution in [0.4, 0.5) is 27.8 Å². The Morgan fingerprint density at radius 1 is 1.22 bits per heavy atom. The van der Waals surface area contributed by atoms with Gasteiger partial charge in [0.15, 0.2) is 0 Å². The second-order valence-electron chi connectivity index (χ2n) is 8.39. The maximum atomic E-state index is 15.2. The third-order valence-electron chi connectivity index (χ3n) is 5.57. The molecule has 8 nitrogen and oxygen atoms in total. The lowest BCUT2D eigenvalue weighted by molar-refractivity contribution is -0.138. The van der Waals surface area contributed by atoms with Crippen LogP contribution in [0.1, 0.15) is 39.5 Å². The van der Waals surface area contributed by atoms with Crippen LogP contribution in [-0.2, 0) is 4.79 Å². The van der Waals surface area contributed by atoms with Gasteiger partial charge in [-0.2, -0.15) is 32.8 Å². The summed E-state index contributed by atoms with van der Waals surface area (Å²) in [5.74, 6) is -2.99. The second kappa shape index (κ2) is 11.9. The molecule has 0 aliphatic rings. The molecular formula is C23H26ClF5N6O2. The van der Waals surface area contributed by atoms with Gasteiger partial charge in [-0.25, -0.2) is 8.78 Å². The van der Waals surface area contributed by atoms with Gasteiger partial charge in [0.05, 0.1) is 17.7 Å². The number of hydrogen-bond donors (Lipinski definition) is 1. The van der Waals surface area contributed by atoms with Crippen molar-refractivity contribution in [3.8, 4) is 16.9 Å². The van der Waals surface area contributed by atoms with Gasteiger partial charge in [0.1, 0.15) is 40.7 Å². The first kappa shape index (κ1) is 28.4. The Morgan fingerprint density at radius 2 is 1.89 bits per heavy atom. The molecular weight excluding hydrogens is 523 g/mol. The van der Waals surface area contributed by atoms with Crippen molar-refractivity contribution in [1.82, 2.24) is 24.5 Å². The zero-order chi connectivity index (χ0) is 27.3. The molecule has 202 valence electrons. The van der Waals surface area contributed by atoms with Crippen LogP contribution < -0.4 is 10.1 Å². The quantitative estimate of drug-likeness (QED) is 0.193. The average Bonchev–Trinajstić information content (AvgIpc) is 3.28. The number of aromatic nitrogens is 4. The van der Waals surface area contributed by atoms with E-state index in [4.69, 9.17) is 16.3 Å². The molecule has 1 aromatic carbocycles. The Bertz CT molecular complexity index is 1230. The van der Waals surface area contributed by atoms with E-state index in [9.17, 15) is 18.0 Å². The maximum Gasteiger partial charge on any atom is 0.408 e. The van der Waals surface area contributed by atoms with Crippen molar-refractivity contribution in [2.24, 2.45) is 0 Å². The highest BCUT2D eigenvalue weighted by Crippen LogP contribution is 2.39. The van der Waals surface area contributed by atoms with E-state index in [0.717, 1.165) is 42.7 Å². The molecule has 0 saturated carbocycles. The molecule has 3 aromatic rings. The summed E-state index contributed by atoms with van der Waals surface area (Å²) < 4.78 is 76.4. The Kier molecular flexibility index (Phi) is 9.11. The fraction of sp³-hybridized carbons (Fsp3) is 0.478. The third-order valence-corrected chi connectivity index (χ3v) is 5.84. The zero-order valence-electron chi connectivity index (χ0n) is 20.4. The minimum Gasteiger partial charge on any atom is -0.493 e. The number of nitrogens with one attached hydrogen (secondary N) is 1. The van der Waals surface area contributed by atoms with Gasteiger partial charge in [0, 0.05) is 32.1 Å². The molecule has 0 unspecified atom stereocenters. The van der Waals surface area contributed by atoms with E-state index >= 15 is 8.78 Å². The summed E-state index contributed by atoms with van der Waals surface area (Å²) in [5, 5.41) is 5.51. The molecule has 14 heteroatoms. The highest BCUT2D eigenvalue weighted by Gasteiger charge is 2.37. The number of alkyl halides is 3. The molecule has 0 aliphatic carbocycles. The predicted molar refractivity (Wildman–Crippen MR) is 128 cm³/mol. The van der Waals surface area contributed by atoms with Gasteiger partial charge in [-0.05, 0) is 19.8 Å².